The van der Waals surface area contributed by atoms with Gasteiger partial charge < -0.3 is 20.3 Å². The molecular formula is C19H28FN5OS. The minimum atomic E-state index is -0.350. The number of ether oxygens (including phenoxy) is 1. The lowest BCUT2D eigenvalue weighted by Gasteiger charge is -2.20. The van der Waals surface area contributed by atoms with Crippen LogP contribution in [0.1, 0.15) is 26.0 Å². The van der Waals surface area contributed by atoms with Crippen LogP contribution < -0.4 is 20.3 Å². The van der Waals surface area contributed by atoms with Gasteiger partial charge in [-0.05, 0) is 25.5 Å². The lowest BCUT2D eigenvalue weighted by Crippen LogP contribution is -2.42. The predicted molar refractivity (Wildman–Crippen MR) is 110 cm³/mol. The van der Waals surface area contributed by atoms with Crippen LogP contribution in [0.2, 0.25) is 0 Å². The van der Waals surface area contributed by atoms with Crippen molar-refractivity contribution in [1.82, 2.24) is 15.6 Å². The summed E-state index contributed by atoms with van der Waals surface area (Å²) in [4.78, 5) is 11.1. The van der Waals surface area contributed by atoms with Crippen LogP contribution >= 0.6 is 11.3 Å². The number of nitrogens with zero attached hydrogens (tertiary/aromatic N) is 3. The molecule has 1 aromatic heterocycles. The standard InChI is InChI=1S/C19H28FN5OS/c1-5-15(26-17-10-8-7-9-16(17)20)12-23-18(21-6-2)22-11-14-13-27-19(24-14)25(3)4/h7-10,13,15H,5-6,11-12H2,1-4H3,(H2,21,22,23). The number of nitrogens with one attached hydrogen (secondary N) is 2. The van der Waals surface area contributed by atoms with E-state index in [2.05, 4.69) is 20.6 Å². The van der Waals surface area contributed by atoms with Crippen molar-refractivity contribution in [2.45, 2.75) is 32.9 Å². The minimum Gasteiger partial charge on any atom is -0.486 e. The molecule has 0 saturated heterocycles. The average molecular weight is 394 g/mol. The number of rotatable bonds is 9. The Morgan fingerprint density at radius 3 is 2.70 bits per heavy atom. The van der Waals surface area contributed by atoms with Crippen LogP contribution in [0.25, 0.3) is 0 Å². The number of hydrogen-bond acceptors (Lipinski definition) is 5. The van der Waals surface area contributed by atoms with E-state index in [4.69, 9.17) is 4.74 Å². The number of aromatic nitrogens is 1. The SMILES string of the molecule is CCNC(=NCc1csc(N(C)C)n1)NCC(CC)Oc1ccccc1F. The van der Waals surface area contributed by atoms with Crippen molar-refractivity contribution < 1.29 is 9.13 Å². The van der Waals surface area contributed by atoms with Gasteiger partial charge in [0.25, 0.3) is 0 Å². The summed E-state index contributed by atoms with van der Waals surface area (Å²) in [6.07, 6.45) is 0.587. The summed E-state index contributed by atoms with van der Waals surface area (Å²) in [6.45, 7) is 5.78. The maximum atomic E-state index is 13.8. The van der Waals surface area contributed by atoms with E-state index in [1.54, 1.807) is 29.5 Å². The van der Waals surface area contributed by atoms with Crippen molar-refractivity contribution >= 4 is 22.4 Å². The number of benzene rings is 1. The van der Waals surface area contributed by atoms with Crippen molar-refractivity contribution in [3.8, 4) is 5.75 Å². The van der Waals surface area contributed by atoms with Gasteiger partial charge in [-0.2, -0.15) is 0 Å². The molecule has 0 aliphatic carbocycles. The van der Waals surface area contributed by atoms with Crippen molar-refractivity contribution in [3.63, 3.8) is 0 Å². The lowest BCUT2D eigenvalue weighted by atomic mass is 10.2. The molecule has 6 nitrogen and oxygen atoms in total. The first-order chi connectivity index (χ1) is 13.0. The number of guanidine groups is 1. The fourth-order valence-corrected chi connectivity index (χ4v) is 3.03. The maximum Gasteiger partial charge on any atom is 0.191 e. The molecular weight excluding hydrogens is 365 g/mol. The summed E-state index contributed by atoms with van der Waals surface area (Å²) in [5.41, 5.74) is 0.926. The second-order valence-corrected chi connectivity index (χ2v) is 7.01. The molecule has 0 spiro atoms. The number of hydrogen-bond donors (Lipinski definition) is 2. The van der Waals surface area contributed by atoms with Gasteiger partial charge in [-0.3, -0.25) is 0 Å². The number of aliphatic imine (C=N–C) groups is 1. The Kier molecular flexibility index (Phi) is 8.32. The molecule has 2 aromatic rings. The summed E-state index contributed by atoms with van der Waals surface area (Å²) < 4.78 is 19.6. The fourth-order valence-electron chi connectivity index (χ4n) is 2.28. The number of halogens is 1. The quantitative estimate of drug-likeness (QED) is 0.506. The normalized spacial score (nSPS) is 12.6. The van der Waals surface area contributed by atoms with Crippen LogP contribution in [0.15, 0.2) is 34.6 Å². The van der Waals surface area contributed by atoms with E-state index in [1.807, 2.05) is 38.2 Å². The Balaban J connectivity index is 1.94. The number of anilines is 1. The summed E-state index contributed by atoms with van der Waals surface area (Å²) in [5.74, 6) is 0.607. The second kappa shape index (κ2) is 10.7. The van der Waals surface area contributed by atoms with Gasteiger partial charge in [0.2, 0.25) is 0 Å². The first-order valence-electron chi connectivity index (χ1n) is 9.08. The van der Waals surface area contributed by atoms with Gasteiger partial charge in [-0.1, -0.05) is 19.1 Å². The van der Waals surface area contributed by atoms with E-state index in [0.717, 1.165) is 23.8 Å². The van der Waals surface area contributed by atoms with Crippen LogP contribution in [0.5, 0.6) is 5.75 Å². The van der Waals surface area contributed by atoms with E-state index in [0.29, 0.717) is 19.0 Å². The Labute approximate surface area is 164 Å². The molecule has 0 fully saturated rings. The van der Waals surface area contributed by atoms with Gasteiger partial charge in [0.15, 0.2) is 22.7 Å². The Hall–Kier alpha value is -2.35. The number of para-hydroxylation sites is 1. The van der Waals surface area contributed by atoms with Crippen LogP contribution in [-0.2, 0) is 6.54 Å². The Bertz CT molecular complexity index is 734. The molecule has 2 rings (SSSR count). The van der Waals surface area contributed by atoms with E-state index in [-0.39, 0.29) is 17.7 Å². The molecule has 1 heterocycles. The highest BCUT2D eigenvalue weighted by atomic mass is 32.1. The van der Waals surface area contributed by atoms with Gasteiger partial charge in [0, 0.05) is 26.0 Å². The third-order valence-electron chi connectivity index (χ3n) is 3.75. The zero-order valence-corrected chi connectivity index (χ0v) is 17.1. The molecule has 0 aliphatic heterocycles. The molecule has 2 N–H and O–H groups in total. The van der Waals surface area contributed by atoms with E-state index in [1.165, 1.54) is 6.07 Å². The van der Waals surface area contributed by atoms with Gasteiger partial charge >= 0.3 is 0 Å². The summed E-state index contributed by atoms with van der Waals surface area (Å²) in [5, 5.41) is 9.45. The number of thiazole rings is 1. The van der Waals surface area contributed by atoms with Crippen LogP contribution in [0.4, 0.5) is 9.52 Å². The molecule has 1 unspecified atom stereocenters. The van der Waals surface area contributed by atoms with E-state index >= 15 is 0 Å². The van der Waals surface area contributed by atoms with Crippen LogP contribution in [-0.4, -0.2) is 44.2 Å². The zero-order chi connectivity index (χ0) is 19.6. The van der Waals surface area contributed by atoms with Crippen molar-refractivity contribution in [1.29, 1.82) is 0 Å². The summed E-state index contributed by atoms with van der Waals surface area (Å²) in [6, 6.07) is 6.45. The van der Waals surface area contributed by atoms with E-state index < -0.39 is 0 Å². The first kappa shape index (κ1) is 21.0. The highest BCUT2D eigenvalue weighted by Crippen LogP contribution is 2.19. The van der Waals surface area contributed by atoms with Gasteiger partial charge in [0.1, 0.15) is 6.10 Å². The van der Waals surface area contributed by atoms with Gasteiger partial charge in [-0.15, -0.1) is 11.3 Å². The molecule has 0 amide bonds. The molecule has 148 valence electrons. The Morgan fingerprint density at radius 1 is 1.30 bits per heavy atom. The summed E-state index contributed by atoms with van der Waals surface area (Å²) >= 11 is 1.60. The third kappa shape index (κ3) is 6.71. The maximum absolute atomic E-state index is 13.8. The average Bonchev–Trinajstić information content (AvgIpc) is 3.13. The first-order valence-corrected chi connectivity index (χ1v) is 9.96. The van der Waals surface area contributed by atoms with Crippen LogP contribution in [0.3, 0.4) is 0 Å². The molecule has 1 atom stereocenters. The highest BCUT2D eigenvalue weighted by Gasteiger charge is 2.12. The second-order valence-electron chi connectivity index (χ2n) is 6.17. The molecule has 0 bridgehead atoms. The monoisotopic (exact) mass is 393 g/mol. The topological polar surface area (TPSA) is 61.8 Å². The van der Waals surface area contributed by atoms with Crippen molar-refractivity contribution in [2.75, 3.05) is 32.1 Å². The largest absolute Gasteiger partial charge is 0.486 e. The van der Waals surface area contributed by atoms with E-state index in [9.17, 15) is 4.39 Å². The van der Waals surface area contributed by atoms with Crippen molar-refractivity contribution in [2.24, 2.45) is 4.99 Å². The third-order valence-corrected chi connectivity index (χ3v) is 4.81. The zero-order valence-electron chi connectivity index (χ0n) is 16.3. The Morgan fingerprint density at radius 2 is 2.07 bits per heavy atom. The molecule has 0 saturated carbocycles. The molecule has 0 aliphatic rings. The highest BCUT2D eigenvalue weighted by molar-refractivity contribution is 7.13. The summed E-state index contributed by atoms with van der Waals surface area (Å²) in [7, 11) is 3.94. The van der Waals surface area contributed by atoms with Gasteiger partial charge in [0.05, 0.1) is 18.8 Å². The van der Waals surface area contributed by atoms with Crippen LogP contribution in [0, 0.1) is 5.82 Å². The lowest BCUT2D eigenvalue weighted by molar-refractivity contribution is 0.191. The van der Waals surface area contributed by atoms with Gasteiger partial charge in [-0.25, -0.2) is 14.4 Å². The minimum absolute atomic E-state index is 0.162. The smallest absolute Gasteiger partial charge is 0.191 e. The molecule has 0 radical (unpaired) electrons. The van der Waals surface area contributed by atoms with Crippen molar-refractivity contribution in [3.05, 3.63) is 41.2 Å². The molecule has 1 aromatic carbocycles. The molecule has 8 heteroatoms. The fraction of sp³-hybridized carbons (Fsp3) is 0.474. The predicted octanol–water partition coefficient (Wildman–Crippen LogP) is 3.26. The molecule has 27 heavy (non-hydrogen) atoms.